The smallest absolute Gasteiger partial charge is 0.261 e. The molecule has 0 saturated heterocycles. The van der Waals surface area contributed by atoms with Gasteiger partial charge in [0.1, 0.15) is 5.69 Å². The van der Waals surface area contributed by atoms with Crippen molar-refractivity contribution in [2.24, 2.45) is 12.8 Å². The van der Waals surface area contributed by atoms with Crippen molar-refractivity contribution in [3.8, 4) is 11.3 Å². The average Bonchev–Trinajstić information content (AvgIpc) is 3.24. The van der Waals surface area contributed by atoms with Crippen LogP contribution in [-0.4, -0.2) is 33.5 Å². The molecular formula is C17H16ClF2N5OS. The number of aryl methyl sites for hydroxylation is 1. The molecule has 0 radical (unpaired) electrons. The quantitative estimate of drug-likeness (QED) is 0.653. The highest BCUT2D eigenvalue weighted by molar-refractivity contribution is 7.12. The van der Waals surface area contributed by atoms with Gasteiger partial charge in [-0.2, -0.15) is 0 Å². The number of nitrogens with two attached hydrogens (primary N) is 1. The van der Waals surface area contributed by atoms with Crippen LogP contribution in [0.2, 0.25) is 5.15 Å². The van der Waals surface area contributed by atoms with E-state index in [1.54, 1.807) is 18.5 Å². The number of nitrogens with zero attached hydrogens (tertiary/aromatic N) is 3. The number of carbonyl (C=O) groups excluding carboxylic acids is 1. The normalized spacial score (nSPS) is 12.2. The number of carbonyl (C=O) groups is 1. The number of thiophene rings is 1. The third kappa shape index (κ3) is 4.32. The second kappa shape index (κ2) is 8.12. The molecular weight excluding hydrogens is 396 g/mol. The summed E-state index contributed by atoms with van der Waals surface area (Å²) < 4.78 is 27.9. The molecule has 0 saturated carbocycles. The van der Waals surface area contributed by atoms with E-state index in [4.69, 9.17) is 17.3 Å². The first-order valence-electron chi connectivity index (χ1n) is 7.98. The van der Waals surface area contributed by atoms with Crippen LogP contribution in [-0.2, 0) is 13.5 Å². The minimum absolute atomic E-state index is 0.153. The summed E-state index contributed by atoms with van der Waals surface area (Å²) in [5.74, 6) is -2.16. The van der Waals surface area contributed by atoms with Crippen LogP contribution >= 0.6 is 22.9 Å². The van der Waals surface area contributed by atoms with Gasteiger partial charge in [0.15, 0.2) is 16.8 Å². The Kier molecular flexibility index (Phi) is 5.83. The maximum Gasteiger partial charge on any atom is 0.261 e. The molecule has 0 spiro atoms. The summed E-state index contributed by atoms with van der Waals surface area (Å²) in [4.78, 5) is 13.0. The summed E-state index contributed by atoms with van der Waals surface area (Å²) in [7, 11) is 1.71. The predicted octanol–water partition coefficient (Wildman–Crippen LogP) is 2.78. The fraction of sp³-hybridized carbons (Fsp3) is 0.235. The van der Waals surface area contributed by atoms with E-state index in [1.807, 2.05) is 0 Å². The molecule has 2 heterocycles. The van der Waals surface area contributed by atoms with E-state index < -0.39 is 17.7 Å². The molecule has 1 amide bonds. The van der Waals surface area contributed by atoms with Gasteiger partial charge in [-0.1, -0.05) is 22.9 Å². The van der Waals surface area contributed by atoms with Crippen LogP contribution in [0.15, 0.2) is 29.6 Å². The summed E-state index contributed by atoms with van der Waals surface area (Å²) in [5.41, 5.74) is 7.61. The van der Waals surface area contributed by atoms with Gasteiger partial charge in [-0.25, -0.2) is 13.5 Å². The Balaban J connectivity index is 1.71. The lowest BCUT2D eigenvalue weighted by Crippen LogP contribution is -2.41. The van der Waals surface area contributed by atoms with Crippen molar-refractivity contribution in [1.82, 2.24) is 20.3 Å². The van der Waals surface area contributed by atoms with E-state index in [9.17, 15) is 13.6 Å². The van der Waals surface area contributed by atoms with Gasteiger partial charge < -0.3 is 11.1 Å². The molecule has 6 nitrogen and oxygen atoms in total. The summed E-state index contributed by atoms with van der Waals surface area (Å²) in [6.07, 6.45) is 0.287. The summed E-state index contributed by atoms with van der Waals surface area (Å²) in [6.45, 7) is 0.153. The highest BCUT2D eigenvalue weighted by atomic mass is 35.5. The lowest BCUT2D eigenvalue weighted by molar-refractivity contribution is 0.0942. The average molecular weight is 412 g/mol. The fourth-order valence-corrected chi connectivity index (χ4v) is 3.68. The van der Waals surface area contributed by atoms with Crippen LogP contribution in [0, 0.1) is 11.6 Å². The van der Waals surface area contributed by atoms with Gasteiger partial charge in [-0.15, -0.1) is 16.4 Å². The SMILES string of the molecule is Cn1nnc(Cl)c1-c1csc(C(=O)N[C@H](CN)Cc2ccc(F)c(F)c2)c1. The monoisotopic (exact) mass is 411 g/mol. The van der Waals surface area contributed by atoms with Crippen LogP contribution < -0.4 is 11.1 Å². The minimum atomic E-state index is -0.931. The molecule has 3 N–H and O–H groups in total. The van der Waals surface area contributed by atoms with E-state index in [0.717, 1.165) is 17.7 Å². The summed E-state index contributed by atoms with van der Waals surface area (Å²) in [6, 6.07) is 4.89. The number of halogens is 3. The Bertz CT molecular complexity index is 955. The van der Waals surface area contributed by atoms with Gasteiger partial charge in [0.2, 0.25) is 0 Å². The Hall–Kier alpha value is -2.36. The molecule has 0 aliphatic carbocycles. The standard InChI is InChI=1S/C17H16ClF2N5OS/c1-25-15(16(18)23-24-25)10-6-14(27-8-10)17(26)22-11(7-21)4-9-2-3-12(19)13(20)5-9/h2-3,5-6,8,11H,4,7,21H2,1H3,(H,22,26)/t11-/m0/s1. The van der Waals surface area contributed by atoms with E-state index >= 15 is 0 Å². The van der Waals surface area contributed by atoms with E-state index in [0.29, 0.717) is 16.1 Å². The Morgan fingerprint density at radius 1 is 1.37 bits per heavy atom. The third-order valence-corrected chi connectivity index (χ3v) is 5.15. The maximum atomic E-state index is 13.3. The van der Waals surface area contributed by atoms with Crippen molar-refractivity contribution < 1.29 is 13.6 Å². The zero-order chi connectivity index (χ0) is 19.6. The fourth-order valence-electron chi connectivity index (χ4n) is 2.62. The molecule has 0 fully saturated rings. The van der Waals surface area contributed by atoms with Gasteiger partial charge in [0.05, 0.1) is 4.88 Å². The predicted molar refractivity (Wildman–Crippen MR) is 99.7 cm³/mol. The van der Waals surface area contributed by atoms with Gasteiger partial charge in [-0.05, 0) is 30.2 Å². The number of aromatic nitrogens is 3. The summed E-state index contributed by atoms with van der Waals surface area (Å²) >= 11 is 7.27. The molecule has 3 rings (SSSR count). The molecule has 27 heavy (non-hydrogen) atoms. The Morgan fingerprint density at radius 3 is 2.78 bits per heavy atom. The first-order valence-corrected chi connectivity index (χ1v) is 9.23. The largest absolute Gasteiger partial charge is 0.347 e. The molecule has 10 heteroatoms. The maximum absolute atomic E-state index is 13.3. The van der Waals surface area contributed by atoms with Crippen molar-refractivity contribution in [1.29, 1.82) is 0 Å². The molecule has 0 unspecified atom stereocenters. The van der Waals surface area contributed by atoms with Gasteiger partial charge in [0.25, 0.3) is 5.91 Å². The van der Waals surface area contributed by atoms with Crippen molar-refractivity contribution in [2.45, 2.75) is 12.5 Å². The van der Waals surface area contributed by atoms with Crippen molar-refractivity contribution in [2.75, 3.05) is 6.54 Å². The lowest BCUT2D eigenvalue weighted by Gasteiger charge is -2.16. The van der Waals surface area contributed by atoms with Crippen LogP contribution in [0.5, 0.6) is 0 Å². The van der Waals surface area contributed by atoms with Crippen molar-refractivity contribution in [3.05, 3.63) is 56.9 Å². The van der Waals surface area contributed by atoms with Crippen LogP contribution in [0.3, 0.4) is 0 Å². The molecule has 1 atom stereocenters. The highest BCUT2D eigenvalue weighted by Crippen LogP contribution is 2.29. The number of hydrogen-bond acceptors (Lipinski definition) is 5. The first-order chi connectivity index (χ1) is 12.9. The molecule has 2 aromatic heterocycles. The van der Waals surface area contributed by atoms with Crippen LogP contribution in [0.1, 0.15) is 15.2 Å². The zero-order valence-corrected chi connectivity index (χ0v) is 15.8. The van der Waals surface area contributed by atoms with Crippen LogP contribution in [0.4, 0.5) is 8.78 Å². The third-order valence-electron chi connectivity index (χ3n) is 3.97. The van der Waals surface area contributed by atoms with E-state index in [2.05, 4.69) is 15.6 Å². The molecule has 0 aliphatic rings. The topological polar surface area (TPSA) is 85.8 Å². The molecule has 3 aromatic rings. The Morgan fingerprint density at radius 2 is 2.15 bits per heavy atom. The van der Waals surface area contributed by atoms with E-state index in [1.165, 1.54) is 22.1 Å². The lowest BCUT2D eigenvalue weighted by atomic mass is 10.1. The summed E-state index contributed by atoms with van der Waals surface area (Å²) in [5, 5.41) is 12.5. The number of amides is 1. The molecule has 0 bridgehead atoms. The Labute approximate surface area is 162 Å². The van der Waals surface area contributed by atoms with Gasteiger partial charge in [0, 0.05) is 30.6 Å². The van der Waals surface area contributed by atoms with Crippen LogP contribution in [0.25, 0.3) is 11.3 Å². The van der Waals surface area contributed by atoms with Crippen molar-refractivity contribution in [3.63, 3.8) is 0 Å². The first kappa shape index (κ1) is 19.4. The van der Waals surface area contributed by atoms with E-state index in [-0.39, 0.29) is 24.0 Å². The van der Waals surface area contributed by atoms with Crippen molar-refractivity contribution >= 4 is 28.8 Å². The number of hydrogen-bond donors (Lipinski definition) is 2. The zero-order valence-electron chi connectivity index (χ0n) is 14.2. The second-order valence-corrected chi connectivity index (χ2v) is 7.18. The minimum Gasteiger partial charge on any atom is -0.347 e. The number of rotatable bonds is 6. The molecule has 142 valence electrons. The van der Waals surface area contributed by atoms with Gasteiger partial charge >= 0.3 is 0 Å². The number of benzene rings is 1. The highest BCUT2D eigenvalue weighted by Gasteiger charge is 2.18. The molecule has 1 aromatic carbocycles. The molecule has 0 aliphatic heterocycles. The number of nitrogens with one attached hydrogen (secondary N) is 1. The van der Waals surface area contributed by atoms with Gasteiger partial charge in [-0.3, -0.25) is 4.79 Å². The second-order valence-electron chi connectivity index (χ2n) is 5.91.